The second-order valence-electron chi connectivity index (χ2n) is 15.9. The van der Waals surface area contributed by atoms with E-state index in [9.17, 15) is 0 Å². The van der Waals surface area contributed by atoms with Gasteiger partial charge in [0.2, 0.25) is 0 Å². The standard InChI is InChI=1S/C57H34N4OS/c1-4-14-35(15-5-1)37-28-31-51-46(32-37)54-41(21-13-25-52(54)63-51)38-27-30-49-45(33-38)53-43(22-12-24-50(53)62-49)57-59-55(36-16-6-2-7-17-36)58-56(60-57)39-26-29-48-44(34-39)42-20-10-11-23-47(42)61(48)40-18-8-3-9-19-40/h1-34H. The van der Waals surface area contributed by atoms with Crippen LogP contribution in [0.2, 0.25) is 0 Å². The molecular weight excluding hydrogens is 789 g/mol. The maximum Gasteiger partial charge on any atom is 0.164 e. The first kappa shape index (κ1) is 35.6. The van der Waals surface area contributed by atoms with E-state index in [-0.39, 0.29) is 0 Å². The summed E-state index contributed by atoms with van der Waals surface area (Å²) in [7, 11) is 0. The van der Waals surface area contributed by atoms with Crippen molar-refractivity contribution in [2.75, 3.05) is 0 Å². The van der Waals surface area contributed by atoms with Crippen LogP contribution in [0.25, 0.3) is 126 Å². The summed E-state index contributed by atoms with van der Waals surface area (Å²) in [5.74, 6) is 1.80. The SMILES string of the molecule is c1ccc(-c2ccc3sc4cccc(-c5ccc6oc7cccc(-c8nc(-c9ccccc9)nc(-c9ccc%10c(c9)c9ccccc9n%10-c9ccccc9)n8)c7c6c5)c4c3c2)cc1. The van der Waals surface area contributed by atoms with E-state index in [1.165, 1.54) is 42.2 Å². The topological polar surface area (TPSA) is 56.7 Å². The molecule has 0 aliphatic carbocycles. The van der Waals surface area contributed by atoms with Gasteiger partial charge in [-0.05, 0) is 95.1 Å². The van der Waals surface area contributed by atoms with E-state index in [0.29, 0.717) is 17.5 Å². The maximum absolute atomic E-state index is 6.60. The highest BCUT2D eigenvalue weighted by atomic mass is 32.1. The van der Waals surface area contributed by atoms with Gasteiger partial charge in [-0.25, -0.2) is 15.0 Å². The van der Waals surface area contributed by atoms with Crippen LogP contribution in [0, 0.1) is 0 Å². The zero-order valence-electron chi connectivity index (χ0n) is 33.7. The molecule has 4 heterocycles. The van der Waals surface area contributed by atoms with Crippen LogP contribution in [0.1, 0.15) is 0 Å². The summed E-state index contributed by atoms with van der Waals surface area (Å²) < 4.78 is 11.5. The highest BCUT2D eigenvalue weighted by molar-refractivity contribution is 7.26. The van der Waals surface area contributed by atoms with E-state index in [2.05, 4.69) is 180 Å². The Morgan fingerprint density at radius 2 is 0.984 bits per heavy atom. The number of para-hydroxylation sites is 2. The lowest BCUT2D eigenvalue weighted by molar-refractivity contribution is 0.669. The first-order valence-corrected chi connectivity index (χ1v) is 21.9. The minimum absolute atomic E-state index is 0.587. The van der Waals surface area contributed by atoms with Crippen LogP contribution in [0.15, 0.2) is 211 Å². The zero-order valence-corrected chi connectivity index (χ0v) is 34.6. The van der Waals surface area contributed by atoms with E-state index in [0.717, 1.165) is 66.3 Å². The highest BCUT2D eigenvalue weighted by Gasteiger charge is 2.21. The molecule has 0 N–H and O–H groups in total. The van der Waals surface area contributed by atoms with Gasteiger partial charge in [-0.1, -0.05) is 133 Å². The molecule has 4 aromatic heterocycles. The van der Waals surface area contributed by atoms with Gasteiger partial charge in [0.05, 0.1) is 11.0 Å². The van der Waals surface area contributed by atoms with Gasteiger partial charge in [-0.2, -0.15) is 0 Å². The van der Waals surface area contributed by atoms with Crippen LogP contribution in [0.3, 0.4) is 0 Å². The van der Waals surface area contributed by atoms with Crippen LogP contribution in [0.5, 0.6) is 0 Å². The molecule has 0 saturated heterocycles. The van der Waals surface area contributed by atoms with Crippen LogP contribution < -0.4 is 0 Å². The molecule has 0 radical (unpaired) electrons. The molecule has 6 heteroatoms. The molecule has 0 spiro atoms. The molecule has 0 aliphatic heterocycles. The summed E-state index contributed by atoms with van der Waals surface area (Å²) in [5.41, 5.74) is 12.4. The van der Waals surface area contributed by atoms with Gasteiger partial charge in [-0.15, -0.1) is 11.3 Å². The first-order chi connectivity index (χ1) is 31.2. The summed E-state index contributed by atoms with van der Waals surface area (Å²) in [6, 6.07) is 72.6. The number of benzene rings is 9. The molecule has 0 unspecified atom stereocenters. The molecule has 63 heavy (non-hydrogen) atoms. The number of rotatable bonds is 6. The number of thiophene rings is 1. The number of aromatic nitrogens is 4. The van der Waals surface area contributed by atoms with Gasteiger partial charge in [0, 0.05) is 64.1 Å². The molecule has 13 aromatic rings. The average molecular weight is 823 g/mol. The Hall–Kier alpha value is -8.19. The van der Waals surface area contributed by atoms with Crippen molar-refractivity contribution in [1.29, 1.82) is 0 Å². The Labute approximate surface area is 365 Å². The van der Waals surface area contributed by atoms with Gasteiger partial charge >= 0.3 is 0 Å². The number of fused-ring (bicyclic) bond motifs is 9. The molecule has 0 amide bonds. The van der Waals surface area contributed by atoms with Crippen LogP contribution >= 0.6 is 11.3 Å². The predicted molar refractivity (Wildman–Crippen MR) is 262 cm³/mol. The lowest BCUT2D eigenvalue weighted by Crippen LogP contribution is -2.00. The molecule has 0 aliphatic rings. The zero-order chi connectivity index (χ0) is 41.4. The maximum atomic E-state index is 6.60. The van der Waals surface area contributed by atoms with Crippen molar-refractivity contribution in [3.63, 3.8) is 0 Å². The molecule has 0 saturated carbocycles. The largest absolute Gasteiger partial charge is 0.456 e. The van der Waals surface area contributed by atoms with Gasteiger partial charge < -0.3 is 8.98 Å². The fourth-order valence-corrected chi connectivity index (χ4v) is 10.5. The first-order valence-electron chi connectivity index (χ1n) is 21.1. The summed E-state index contributed by atoms with van der Waals surface area (Å²) in [4.78, 5) is 15.7. The third-order valence-electron chi connectivity index (χ3n) is 12.3. The van der Waals surface area contributed by atoms with Crippen LogP contribution in [0.4, 0.5) is 0 Å². The smallest absolute Gasteiger partial charge is 0.164 e. The molecule has 0 atom stereocenters. The molecule has 13 rings (SSSR count). The minimum Gasteiger partial charge on any atom is -0.456 e. The quantitative estimate of drug-likeness (QED) is 0.168. The van der Waals surface area contributed by atoms with Gasteiger partial charge in [0.15, 0.2) is 17.5 Å². The fourth-order valence-electron chi connectivity index (χ4n) is 9.37. The van der Waals surface area contributed by atoms with Crippen molar-refractivity contribution in [3.05, 3.63) is 206 Å². The highest BCUT2D eigenvalue weighted by Crippen LogP contribution is 2.44. The molecular formula is C57H34N4OS. The van der Waals surface area contributed by atoms with Gasteiger partial charge in [-0.3, -0.25) is 0 Å². The van der Waals surface area contributed by atoms with E-state index in [1.54, 1.807) is 0 Å². The number of hydrogen-bond acceptors (Lipinski definition) is 5. The molecule has 294 valence electrons. The van der Waals surface area contributed by atoms with Gasteiger partial charge in [0.1, 0.15) is 11.2 Å². The Bertz CT molecular complexity index is 3910. The molecule has 0 fully saturated rings. The van der Waals surface area contributed by atoms with E-state index in [4.69, 9.17) is 19.4 Å². The Kier molecular flexibility index (Phi) is 8.01. The summed E-state index contributed by atoms with van der Waals surface area (Å²) in [6.07, 6.45) is 0. The van der Waals surface area contributed by atoms with E-state index in [1.807, 2.05) is 41.7 Å². The normalized spacial score (nSPS) is 11.8. The Morgan fingerprint density at radius 3 is 1.83 bits per heavy atom. The van der Waals surface area contributed by atoms with Crippen molar-refractivity contribution in [2.24, 2.45) is 0 Å². The second kappa shape index (κ2) is 14.2. The van der Waals surface area contributed by atoms with E-state index < -0.39 is 0 Å². The second-order valence-corrected chi connectivity index (χ2v) is 17.0. The summed E-state index contributed by atoms with van der Waals surface area (Å²) in [6.45, 7) is 0. The number of furan rings is 1. The minimum atomic E-state index is 0.587. The third kappa shape index (κ3) is 5.80. The fraction of sp³-hybridized carbons (Fsp3) is 0. The van der Waals surface area contributed by atoms with Crippen molar-refractivity contribution < 1.29 is 4.42 Å². The number of hydrogen-bond donors (Lipinski definition) is 0. The Balaban J connectivity index is 0.999. The van der Waals surface area contributed by atoms with Crippen molar-refractivity contribution >= 4 is 75.3 Å². The predicted octanol–water partition coefficient (Wildman–Crippen LogP) is 15.6. The lowest BCUT2D eigenvalue weighted by Gasteiger charge is -2.10. The van der Waals surface area contributed by atoms with Crippen molar-refractivity contribution in [3.8, 4) is 62.1 Å². The van der Waals surface area contributed by atoms with Crippen LogP contribution in [-0.2, 0) is 0 Å². The van der Waals surface area contributed by atoms with Gasteiger partial charge in [0.25, 0.3) is 0 Å². The molecule has 9 aromatic carbocycles. The van der Waals surface area contributed by atoms with Crippen LogP contribution in [-0.4, -0.2) is 19.5 Å². The molecule has 5 nitrogen and oxygen atoms in total. The van der Waals surface area contributed by atoms with Crippen molar-refractivity contribution in [2.45, 2.75) is 0 Å². The number of nitrogens with zero attached hydrogens (tertiary/aromatic N) is 4. The molecule has 0 bridgehead atoms. The lowest BCUT2D eigenvalue weighted by atomic mass is 9.96. The monoisotopic (exact) mass is 822 g/mol. The Morgan fingerprint density at radius 1 is 0.349 bits per heavy atom. The summed E-state index contributed by atoms with van der Waals surface area (Å²) in [5, 5.41) is 6.82. The average Bonchev–Trinajstić information content (AvgIpc) is 4.03. The van der Waals surface area contributed by atoms with Crippen molar-refractivity contribution in [1.82, 2.24) is 19.5 Å². The van der Waals surface area contributed by atoms with E-state index >= 15 is 0 Å². The summed E-state index contributed by atoms with van der Waals surface area (Å²) >= 11 is 1.84. The third-order valence-corrected chi connectivity index (χ3v) is 13.4.